The van der Waals surface area contributed by atoms with E-state index < -0.39 is 0 Å². The number of nitrogens with one attached hydrogen (secondary N) is 2. The summed E-state index contributed by atoms with van der Waals surface area (Å²) in [5.41, 5.74) is 0.893. The molecule has 0 saturated carbocycles. The molecule has 3 nitrogen and oxygen atoms in total. The van der Waals surface area contributed by atoms with Gasteiger partial charge in [0, 0.05) is 15.7 Å². The Morgan fingerprint density at radius 2 is 1.94 bits per heavy atom. The molecule has 0 radical (unpaired) electrons. The number of benzene rings is 1. The fourth-order valence-corrected chi connectivity index (χ4v) is 2.45. The number of piperidine rings is 1. The highest BCUT2D eigenvalue weighted by atomic mass is 127. The minimum absolute atomic E-state index is 0.137. The van der Waals surface area contributed by atoms with Crippen LogP contribution in [0.1, 0.15) is 19.3 Å². The average molecular weight is 344 g/mol. The van der Waals surface area contributed by atoms with Crippen molar-refractivity contribution in [3.8, 4) is 0 Å². The SMILES string of the molecule is O=C(CC1CCNCC1)Nc1ccc(I)cc1. The van der Waals surface area contributed by atoms with Gasteiger partial charge in [-0.3, -0.25) is 4.79 Å². The van der Waals surface area contributed by atoms with Gasteiger partial charge >= 0.3 is 0 Å². The van der Waals surface area contributed by atoms with Gasteiger partial charge < -0.3 is 10.6 Å². The van der Waals surface area contributed by atoms with Gasteiger partial charge in [-0.25, -0.2) is 0 Å². The zero-order valence-electron chi connectivity index (χ0n) is 9.71. The fraction of sp³-hybridized carbons (Fsp3) is 0.462. The van der Waals surface area contributed by atoms with Crippen molar-refractivity contribution in [1.29, 1.82) is 0 Å². The van der Waals surface area contributed by atoms with E-state index in [0.29, 0.717) is 12.3 Å². The quantitative estimate of drug-likeness (QED) is 0.828. The molecule has 0 unspecified atom stereocenters. The number of halogens is 1. The molecule has 1 aromatic rings. The van der Waals surface area contributed by atoms with E-state index in [-0.39, 0.29) is 5.91 Å². The number of anilines is 1. The van der Waals surface area contributed by atoms with Crippen molar-refractivity contribution in [1.82, 2.24) is 5.32 Å². The summed E-state index contributed by atoms with van der Waals surface area (Å²) in [5, 5.41) is 6.27. The molecule has 4 heteroatoms. The Bertz CT molecular complexity index is 372. The molecule has 0 aliphatic carbocycles. The summed E-state index contributed by atoms with van der Waals surface area (Å²) in [7, 11) is 0. The Morgan fingerprint density at radius 3 is 2.59 bits per heavy atom. The van der Waals surface area contributed by atoms with E-state index in [4.69, 9.17) is 0 Å². The first-order chi connectivity index (χ1) is 8.24. The van der Waals surface area contributed by atoms with Crippen LogP contribution in [0.4, 0.5) is 5.69 Å². The molecule has 1 aromatic carbocycles. The second-order valence-electron chi connectivity index (χ2n) is 4.45. The molecule has 1 aliphatic heterocycles. The van der Waals surface area contributed by atoms with Crippen LogP contribution in [-0.4, -0.2) is 19.0 Å². The maximum Gasteiger partial charge on any atom is 0.224 e. The zero-order valence-corrected chi connectivity index (χ0v) is 11.9. The minimum atomic E-state index is 0.137. The first kappa shape index (κ1) is 12.8. The highest BCUT2D eigenvalue weighted by Gasteiger charge is 2.16. The lowest BCUT2D eigenvalue weighted by Gasteiger charge is -2.21. The number of carbonyl (C=O) groups is 1. The Labute approximate surface area is 116 Å². The van der Waals surface area contributed by atoms with Gasteiger partial charge in [-0.1, -0.05) is 0 Å². The largest absolute Gasteiger partial charge is 0.326 e. The van der Waals surface area contributed by atoms with Crippen molar-refractivity contribution in [2.24, 2.45) is 5.92 Å². The molecule has 0 spiro atoms. The van der Waals surface area contributed by atoms with E-state index in [2.05, 4.69) is 33.2 Å². The summed E-state index contributed by atoms with van der Waals surface area (Å²) in [6.07, 6.45) is 2.87. The highest BCUT2D eigenvalue weighted by molar-refractivity contribution is 14.1. The average Bonchev–Trinajstić information content (AvgIpc) is 2.33. The molecule has 0 atom stereocenters. The van der Waals surface area contributed by atoms with Crippen LogP contribution in [-0.2, 0) is 4.79 Å². The summed E-state index contributed by atoms with van der Waals surface area (Å²) >= 11 is 2.25. The van der Waals surface area contributed by atoms with Crippen molar-refractivity contribution in [3.63, 3.8) is 0 Å². The molecule has 1 aliphatic rings. The molecule has 2 N–H and O–H groups in total. The molecular formula is C13H17IN2O. The molecule has 1 fully saturated rings. The van der Waals surface area contributed by atoms with Gasteiger partial charge in [-0.15, -0.1) is 0 Å². The number of rotatable bonds is 3. The van der Waals surface area contributed by atoms with Crippen molar-refractivity contribution in [3.05, 3.63) is 27.8 Å². The normalized spacial score (nSPS) is 16.8. The third kappa shape index (κ3) is 4.27. The molecule has 92 valence electrons. The summed E-state index contributed by atoms with van der Waals surface area (Å²) < 4.78 is 1.18. The predicted molar refractivity (Wildman–Crippen MR) is 78.0 cm³/mol. The smallest absolute Gasteiger partial charge is 0.224 e. The van der Waals surface area contributed by atoms with E-state index >= 15 is 0 Å². The summed E-state index contributed by atoms with van der Waals surface area (Å²) in [6, 6.07) is 7.89. The highest BCUT2D eigenvalue weighted by Crippen LogP contribution is 2.17. The van der Waals surface area contributed by atoms with Crippen molar-refractivity contribution in [2.45, 2.75) is 19.3 Å². The van der Waals surface area contributed by atoms with Crippen LogP contribution >= 0.6 is 22.6 Å². The molecular weight excluding hydrogens is 327 g/mol. The second kappa shape index (κ2) is 6.35. The van der Waals surface area contributed by atoms with Crippen molar-refractivity contribution >= 4 is 34.2 Å². The first-order valence-electron chi connectivity index (χ1n) is 6.00. The van der Waals surface area contributed by atoms with Gasteiger partial charge in [0.15, 0.2) is 0 Å². The zero-order chi connectivity index (χ0) is 12.1. The van der Waals surface area contributed by atoms with Crippen molar-refractivity contribution < 1.29 is 4.79 Å². The summed E-state index contributed by atoms with van der Waals surface area (Å²) in [6.45, 7) is 2.09. The monoisotopic (exact) mass is 344 g/mol. The van der Waals surface area contributed by atoms with E-state index in [0.717, 1.165) is 31.6 Å². The van der Waals surface area contributed by atoms with Crippen LogP contribution in [0, 0.1) is 9.49 Å². The van der Waals surface area contributed by atoms with E-state index in [1.165, 1.54) is 3.57 Å². The molecule has 1 saturated heterocycles. The predicted octanol–water partition coefficient (Wildman–Crippen LogP) is 2.62. The Kier molecular flexibility index (Phi) is 4.79. The number of amides is 1. The lowest BCUT2D eigenvalue weighted by molar-refractivity contribution is -0.117. The summed E-state index contributed by atoms with van der Waals surface area (Å²) in [4.78, 5) is 11.8. The topological polar surface area (TPSA) is 41.1 Å². The van der Waals surface area contributed by atoms with Gasteiger partial charge in [0.2, 0.25) is 5.91 Å². The van der Waals surface area contributed by atoms with Crippen LogP contribution in [0.2, 0.25) is 0 Å². The third-order valence-corrected chi connectivity index (χ3v) is 3.78. The Hall–Kier alpha value is -0.620. The molecule has 0 aromatic heterocycles. The molecule has 17 heavy (non-hydrogen) atoms. The Balaban J connectivity index is 1.82. The molecule has 1 heterocycles. The number of hydrogen-bond donors (Lipinski definition) is 2. The number of hydrogen-bond acceptors (Lipinski definition) is 2. The lowest BCUT2D eigenvalue weighted by atomic mass is 9.94. The van der Waals surface area contributed by atoms with Crippen molar-refractivity contribution in [2.75, 3.05) is 18.4 Å². The second-order valence-corrected chi connectivity index (χ2v) is 5.70. The summed E-state index contributed by atoms with van der Waals surface area (Å²) in [5.74, 6) is 0.679. The van der Waals surface area contributed by atoms with E-state index in [1.54, 1.807) is 0 Å². The maximum atomic E-state index is 11.8. The lowest BCUT2D eigenvalue weighted by Crippen LogP contribution is -2.30. The van der Waals surface area contributed by atoms with Gasteiger partial charge in [0.05, 0.1) is 0 Å². The minimum Gasteiger partial charge on any atom is -0.326 e. The fourth-order valence-electron chi connectivity index (χ4n) is 2.09. The number of carbonyl (C=O) groups excluding carboxylic acids is 1. The Morgan fingerprint density at radius 1 is 1.29 bits per heavy atom. The first-order valence-corrected chi connectivity index (χ1v) is 7.08. The van der Waals surface area contributed by atoms with Crippen LogP contribution in [0.15, 0.2) is 24.3 Å². The standard InChI is InChI=1S/C13H17IN2O/c14-11-1-3-12(4-2-11)16-13(17)9-10-5-7-15-8-6-10/h1-4,10,15H,5-9H2,(H,16,17). The maximum absolute atomic E-state index is 11.8. The van der Waals surface area contributed by atoms with Gasteiger partial charge in [0.25, 0.3) is 0 Å². The molecule has 1 amide bonds. The van der Waals surface area contributed by atoms with Crippen LogP contribution in [0.25, 0.3) is 0 Å². The molecule has 0 bridgehead atoms. The molecule has 2 rings (SSSR count). The van der Waals surface area contributed by atoms with Crippen LogP contribution in [0.5, 0.6) is 0 Å². The van der Waals surface area contributed by atoms with Crippen LogP contribution < -0.4 is 10.6 Å². The van der Waals surface area contributed by atoms with Crippen LogP contribution in [0.3, 0.4) is 0 Å². The van der Waals surface area contributed by atoms with Gasteiger partial charge in [-0.05, 0) is 78.7 Å². The third-order valence-electron chi connectivity index (χ3n) is 3.06. The van der Waals surface area contributed by atoms with E-state index in [9.17, 15) is 4.79 Å². The van der Waals surface area contributed by atoms with Gasteiger partial charge in [0.1, 0.15) is 0 Å². The van der Waals surface area contributed by atoms with Gasteiger partial charge in [-0.2, -0.15) is 0 Å². The van der Waals surface area contributed by atoms with E-state index in [1.807, 2.05) is 24.3 Å².